The van der Waals surface area contributed by atoms with E-state index in [4.69, 9.17) is 21.1 Å². The summed E-state index contributed by atoms with van der Waals surface area (Å²) < 4.78 is 12.4. The van der Waals surface area contributed by atoms with Gasteiger partial charge in [-0.3, -0.25) is 4.79 Å². The highest BCUT2D eigenvalue weighted by molar-refractivity contribution is 7.15. The molecule has 0 aliphatic carbocycles. The monoisotopic (exact) mass is 399 g/mol. The van der Waals surface area contributed by atoms with Crippen molar-refractivity contribution in [2.24, 2.45) is 0 Å². The molecule has 0 amide bonds. The summed E-state index contributed by atoms with van der Waals surface area (Å²) in [6.45, 7) is 0. The number of fused-ring (bicyclic) bond motifs is 1. The molecule has 0 saturated heterocycles. The molecule has 0 saturated carbocycles. The molecule has 0 N–H and O–H groups in total. The Labute approximate surface area is 163 Å². The third kappa shape index (κ3) is 3.27. The topological polar surface area (TPSA) is 65.7 Å². The Balaban J connectivity index is 1.81. The van der Waals surface area contributed by atoms with Crippen molar-refractivity contribution in [3.8, 4) is 22.9 Å². The average molecular weight is 400 g/mol. The van der Waals surface area contributed by atoms with E-state index < -0.39 is 0 Å². The van der Waals surface area contributed by atoms with Crippen LogP contribution in [0.4, 0.5) is 0 Å². The lowest BCUT2D eigenvalue weighted by atomic mass is 10.2. The largest absolute Gasteiger partial charge is 0.497 e. The third-order valence-corrected chi connectivity index (χ3v) is 5.22. The molecule has 6 nitrogen and oxygen atoms in total. The lowest BCUT2D eigenvalue weighted by Crippen LogP contribution is -2.23. The van der Waals surface area contributed by atoms with Gasteiger partial charge in [-0.25, -0.2) is 0 Å². The molecule has 0 spiro atoms. The maximum atomic E-state index is 12.7. The second-order valence-electron chi connectivity index (χ2n) is 5.66. The molecule has 0 unspecified atom stereocenters. The van der Waals surface area contributed by atoms with Gasteiger partial charge in [-0.15, -0.1) is 5.10 Å². The predicted molar refractivity (Wildman–Crippen MR) is 106 cm³/mol. The molecule has 0 aliphatic heterocycles. The van der Waals surface area contributed by atoms with Crippen LogP contribution >= 0.6 is 22.9 Å². The van der Waals surface area contributed by atoms with E-state index in [2.05, 4.69) is 10.1 Å². The Morgan fingerprint density at radius 1 is 1.11 bits per heavy atom. The SMILES string of the molecule is COc1ccc(OC)c(/C=c2\sc3nc(-c4ccc(Cl)cc4)nn3c2=O)c1. The number of hydrogen-bond acceptors (Lipinski definition) is 6. The zero-order chi connectivity index (χ0) is 19.0. The molecular formula is C19H14ClN3O3S. The van der Waals surface area contributed by atoms with Gasteiger partial charge in [0.25, 0.3) is 5.56 Å². The van der Waals surface area contributed by atoms with Gasteiger partial charge in [-0.2, -0.15) is 9.50 Å². The molecule has 0 radical (unpaired) electrons. The highest BCUT2D eigenvalue weighted by Crippen LogP contribution is 2.24. The van der Waals surface area contributed by atoms with Crippen molar-refractivity contribution >= 4 is 34.0 Å². The van der Waals surface area contributed by atoms with Crippen molar-refractivity contribution in [3.63, 3.8) is 0 Å². The fourth-order valence-corrected chi connectivity index (χ4v) is 3.67. The van der Waals surface area contributed by atoms with E-state index in [1.807, 2.05) is 18.2 Å². The fraction of sp³-hybridized carbons (Fsp3) is 0.105. The van der Waals surface area contributed by atoms with E-state index in [-0.39, 0.29) is 5.56 Å². The van der Waals surface area contributed by atoms with Gasteiger partial charge in [0.15, 0.2) is 5.82 Å². The van der Waals surface area contributed by atoms with E-state index in [1.165, 1.54) is 15.9 Å². The van der Waals surface area contributed by atoms with Gasteiger partial charge in [0, 0.05) is 16.1 Å². The maximum Gasteiger partial charge on any atom is 0.291 e. The Morgan fingerprint density at radius 3 is 2.56 bits per heavy atom. The summed E-state index contributed by atoms with van der Waals surface area (Å²) in [4.78, 5) is 17.7. The third-order valence-electron chi connectivity index (χ3n) is 4.01. The van der Waals surface area contributed by atoms with Gasteiger partial charge >= 0.3 is 0 Å². The van der Waals surface area contributed by atoms with E-state index in [0.717, 1.165) is 11.1 Å². The summed E-state index contributed by atoms with van der Waals surface area (Å²) in [5, 5.41) is 4.97. The van der Waals surface area contributed by atoms with Crippen molar-refractivity contribution in [2.75, 3.05) is 14.2 Å². The Morgan fingerprint density at radius 2 is 1.89 bits per heavy atom. The van der Waals surface area contributed by atoms with Crippen LogP contribution in [0.1, 0.15) is 5.56 Å². The van der Waals surface area contributed by atoms with Crippen molar-refractivity contribution in [1.29, 1.82) is 0 Å². The summed E-state index contributed by atoms with van der Waals surface area (Å²) in [5.74, 6) is 1.82. The number of aromatic nitrogens is 3. The molecule has 2 heterocycles. The zero-order valence-corrected chi connectivity index (χ0v) is 16.0. The molecule has 136 valence electrons. The van der Waals surface area contributed by atoms with Crippen LogP contribution in [0, 0.1) is 0 Å². The number of ether oxygens (including phenoxy) is 2. The van der Waals surface area contributed by atoms with E-state index >= 15 is 0 Å². The second kappa shape index (κ2) is 7.02. The van der Waals surface area contributed by atoms with Crippen molar-refractivity contribution < 1.29 is 9.47 Å². The van der Waals surface area contributed by atoms with Crippen molar-refractivity contribution in [3.05, 3.63) is 67.9 Å². The first-order valence-corrected chi connectivity index (χ1v) is 9.18. The van der Waals surface area contributed by atoms with Gasteiger partial charge < -0.3 is 9.47 Å². The lowest BCUT2D eigenvalue weighted by Gasteiger charge is -2.06. The van der Waals surface area contributed by atoms with E-state index in [9.17, 15) is 4.79 Å². The number of benzene rings is 2. The van der Waals surface area contributed by atoms with Crippen LogP contribution in [0.15, 0.2) is 47.3 Å². The summed E-state index contributed by atoms with van der Waals surface area (Å²) >= 11 is 7.18. The molecule has 4 aromatic rings. The standard InChI is InChI=1S/C19H14ClN3O3S/c1-25-14-7-8-15(26-2)12(9-14)10-16-18(24)23-19(27-16)21-17(22-23)11-3-5-13(20)6-4-11/h3-10H,1-2H3/b16-10-. The molecule has 0 bridgehead atoms. The zero-order valence-electron chi connectivity index (χ0n) is 14.5. The smallest absolute Gasteiger partial charge is 0.291 e. The van der Waals surface area contributed by atoms with Crippen LogP contribution in [0.5, 0.6) is 11.5 Å². The van der Waals surface area contributed by atoms with Crippen molar-refractivity contribution in [1.82, 2.24) is 14.6 Å². The summed E-state index contributed by atoms with van der Waals surface area (Å²) in [7, 11) is 3.17. The fourth-order valence-electron chi connectivity index (χ4n) is 2.65. The van der Waals surface area contributed by atoms with Crippen LogP contribution in [-0.2, 0) is 0 Å². The number of thiazole rings is 1. The van der Waals surface area contributed by atoms with Gasteiger partial charge in [0.1, 0.15) is 11.5 Å². The van der Waals surface area contributed by atoms with Crippen LogP contribution in [0.2, 0.25) is 5.02 Å². The number of methoxy groups -OCH3 is 2. The van der Waals surface area contributed by atoms with Gasteiger partial charge in [-0.1, -0.05) is 22.9 Å². The van der Waals surface area contributed by atoms with Crippen LogP contribution in [-0.4, -0.2) is 28.8 Å². The molecule has 2 aromatic heterocycles. The minimum Gasteiger partial charge on any atom is -0.497 e. The highest BCUT2D eigenvalue weighted by atomic mass is 35.5. The predicted octanol–water partition coefficient (Wildman–Crippen LogP) is 3.04. The Hall–Kier alpha value is -2.90. The molecule has 0 aliphatic rings. The normalized spacial score (nSPS) is 11.9. The maximum absolute atomic E-state index is 12.7. The minimum absolute atomic E-state index is 0.229. The van der Waals surface area contributed by atoms with Gasteiger partial charge in [0.2, 0.25) is 4.96 Å². The number of halogens is 1. The first-order chi connectivity index (χ1) is 13.1. The minimum atomic E-state index is -0.229. The first kappa shape index (κ1) is 17.5. The quantitative estimate of drug-likeness (QED) is 0.527. The van der Waals surface area contributed by atoms with Crippen LogP contribution in [0.3, 0.4) is 0 Å². The summed E-state index contributed by atoms with van der Waals surface area (Å²) in [6, 6.07) is 12.6. The molecule has 27 heavy (non-hydrogen) atoms. The average Bonchev–Trinajstić information content (AvgIpc) is 3.22. The van der Waals surface area contributed by atoms with Crippen molar-refractivity contribution in [2.45, 2.75) is 0 Å². The molecule has 8 heteroatoms. The highest BCUT2D eigenvalue weighted by Gasteiger charge is 2.12. The molecule has 4 rings (SSSR count). The first-order valence-electron chi connectivity index (χ1n) is 7.98. The molecule has 2 aromatic carbocycles. The van der Waals surface area contributed by atoms with E-state index in [1.54, 1.807) is 44.6 Å². The summed E-state index contributed by atoms with van der Waals surface area (Å²) in [5.41, 5.74) is 1.32. The molecular weight excluding hydrogens is 386 g/mol. The Bertz CT molecular complexity index is 1230. The lowest BCUT2D eigenvalue weighted by molar-refractivity contribution is 0.402. The second-order valence-corrected chi connectivity index (χ2v) is 7.11. The van der Waals surface area contributed by atoms with Crippen LogP contribution in [0.25, 0.3) is 22.4 Å². The molecule has 0 fully saturated rings. The number of rotatable bonds is 4. The number of hydrogen-bond donors (Lipinski definition) is 0. The molecule has 0 atom stereocenters. The van der Waals surface area contributed by atoms with Gasteiger partial charge in [0.05, 0.1) is 18.8 Å². The number of nitrogens with zero attached hydrogens (tertiary/aromatic N) is 3. The summed E-state index contributed by atoms with van der Waals surface area (Å²) in [6.07, 6.45) is 1.76. The van der Waals surface area contributed by atoms with Gasteiger partial charge in [-0.05, 0) is 48.5 Å². The van der Waals surface area contributed by atoms with E-state index in [0.29, 0.717) is 31.8 Å². The Kier molecular flexibility index (Phi) is 4.55. The van der Waals surface area contributed by atoms with Crippen LogP contribution < -0.4 is 19.6 Å².